The first-order valence-corrected chi connectivity index (χ1v) is 11.7. The van der Waals surface area contributed by atoms with Crippen molar-refractivity contribution in [1.82, 2.24) is 4.90 Å². The summed E-state index contributed by atoms with van der Waals surface area (Å²) in [5, 5.41) is 0. The third-order valence-corrected chi connectivity index (χ3v) is 6.67. The molecule has 2 heterocycles. The Labute approximate surface area is 198 Å². The van der Waals surface area contributed by atoms with E-state index >= 15 is 0 Å². The lowest BCUT2D eigenvalue weighted by Crippen LogP contribution is -2.49. The van der Waals surface area contributed by atoms with E-state index in [1.54, 1.807) is 11.0 Å². The molecule has 4 rings (SSSR count). The summed E-state index contributed by atoms with van der Waals surface area (Å²) in [4.78, 5) is 16.1. The molecule has 184 valence electrons. The summed E-state index contributed by atoms with van der Waals surface area (Å²) in [5.41, 5.74) is 0.0361. The second kappa shape index (κ2) is 9.39. The van der Waals surface area contributed by atoms with Gasteiger partial charge in [0.25, 0.3) is 0 Å². The lowest BCUT2D eigenvalue weighted by molar-refractivity contribution is 0.00664. The summed E-state index contributed by atoms with van der Waals surface area (Å²) in [5.74, 6) is -2.07. The van der Waals surface area contributed by atoms with Gasteiger partial charge in [0.2, 0.25) is 0 Å². The van der Waals surface area contributed by atoms with Gasteiger partial charge in [0, 0.05) is 44.4 Å². The van der Waals surface area contributed by atoms with Crippen LogP contribution < -0.4 is 9.64 Å². The molecule has 0 saturated carbocycles. The minimum absolute atomic E-state index is 0.108. The highest BCUT2D eigenvalue weighted by Gasteiger charge is 2.40. The molecular weight excluding hydrogens is 445 g/mol. The van der Waals surface area contributed by atoms with Crippen LogP contribution in [0.25, 0.3) is 0 Å². The molecule has 5 nitrogen and oxygen atoms in total. The Kier molecular flexibility index (Phi) is 6.69. The van der Waals surface area contributed by atoms with Crippen LogP contribution >= 0.6 is 0 Å². The smallest absolute Gasteiger partial charge is 0.410 e. The summed E-state index contributed by atoms with van der Waals surface area (Å²) in [6.45, 7) is 8.17. The molecular formula is C26H31F3N2O3. The van der Waals surface area contributed by atoms with Crippen LogP contribution in [0.5, 0.6) is 11.5 Å². The molecule has 34 heavy (non-hydrogen) atoms. The van der Waals surface area contributed by atoms with Gasteiger partial charge in [-0.25, -0.2) is 18.0 Å². The second-order valence-corrected chi connectivity index (χ2v) is 10.2. The van der Waals surface area contributed by atoms with Crippen LogP contribution in [-0.2, 0) is 4.74 Å². The van der Waals surface area contributed by atoms with Crippen molar-refractivity contribution < 1.29 is 27.4 Å². The molecule has 1 spiro atoms. The number of hydrogen-bond donors (Lipinski definition) is 0. The average Bonchev–Trinajstić information content (AvgIpc) is 2.76. The van der Waals surface area contributed by atoms with Gasteiger partial charge in [-0.1, -0.05) is 6.07 Å². The van der Waals surface area contributed by atoms with Crippen LogP contribution in [0.1, 0.15) is 46.5 Å². The van der Waals surface area contributed by atoms with E-state index in [-0.39, 0.29) is 23.0 Å². The number of carbonyl (C=O) groups excluding carboxylic acids is 1. The van der Waals surface area contributed by atoms with Crippen molar-refractivity contribution in [3.63, 3.8) is 0 Å². The van der Waals surface area contributed by atoms with Crippen molar-refractivity contribution in [2.75, 3.05) is 31.1 Å². The number of ether oxygens (including phenoxy) is 2. The first-order chi connectivity index (χ1) is 16.0. The van der Waals surface area contributed by atoms with Gasteiger partial charge in [0.1, 0.15) is 17.2 Å². The van der Waals surface area contributed by atoms with Gasteiger partial charge in [0.15, 0.2) is 17.4 Å². The molecule has 1 amide bonds. The third-order valence-electron chi connectivity index (χ3n) is 6.67. The van der Waals surface area contributed by atoms with E-state index in [1.165, 1.54) is 18.2 Å². The van der Waals surface area contributed by atoms with Crippen molar-refractivity contribution in [2.24, 2.45) is 5.41 Å². The number of benzene rings is 2. The van der Waals surface area contributed by atoms with Gasteiger partial charge in [0.05, 0.1) is 5.69 Å². The van der Waals surface area contributed by atoms with Crippen molar-refractivity contribution >= 4 is 11.8 Å². The molecule has 0 aromatic heterocycles. The molecule has 0 atom stereocenters. The molecule has 2 aromatic rings. The highest BCUT2D eigenvalue weighted by Crippen LogP contribution is 2.44. The van der Waals surface area contributed by atoms with E-state index in [0.29, 0.717) is 31.9 Å². The maximum absolute atomic E-state index is 14.1. The fourth-order valence-electron chi connectivity index (χ4n) is 4.72. The minimum atomic E-state index is -1.02. The van der Waals surface area contributed by atoms with E-state index in [2.05, 4.69) is 0 Å². The van der Waals surface area contributed by atoms with E-state index in [0.717, 1.165) is 37.8 Å². The number of rotatable bonds is 3. The van der Waals surface area contributed by atoms with Crippen LogP contribution in [0.15, 0.2) is 36.4 Å². The Balaban J connectivity index is 1.42. The van der Waals surface area contributed by atoms with Crippen LogP contribution in [0.2, 0.25) is 0 Å². The molecule has 2 fully saturated rings. The predicted octanol–water partition coefficient (Wildman–Crippen LogP) is 6.51. The normalized spacial score (nSPS) is 18.2. The number of amides is 1. The highest BCUT2D eigenvalue weighted by molar-refractivity contribution is 5.68. The van der Waals surface area contributed by atoms with E-state index in [4.69, 9.17) is 9.47 Å². The molecule has 0 N–H and O–H groups in total. The molecule has 2 aliphatic heterocycles. The molecule has 0 bridgehead atoms. The van der Waals surface area contributed by atoms with Crippen molar-refractivity contribution in [3.05, 3.63) is 53.8 Å². The largest absolute Gasteiger partial charge is 0.455 e. The van der Waals surface area contributed by atoms with Crippen LogP contribution in [0, 0.1) is 22.9 Å². The lowest BCUT2D eigenvalue weighted by atomic mass is 9.71. The zero-order valence-corrected chi connectivity index (χ0v) is 19.9. The van der Waals surface area contributed by atoms with Gasteiger partial charge in [-0.05, 0) is 64.0 Å². The number of anilines is 1. The van der Waals surface area contributed by atoms with E-state index < -0.39 is 23.1 Å². The fourth-order valence-corrected chi connectivity index (χ4v) is 4.72. The maximum atomic E-state index is 14.1. The highest BCUT2D eigenvalue weighted by atomic mass is 19.2. The number of hydrogen-bond acceptors (Lipinski definition) is 4. The fraction of sp³-hybridized carbons (Fsp3) is 0.500. The van der Waals surface area contributed by atoms with Gasteiger partial charge in [-0.3, -0.25) is 0 Å². The van der Waals surface area contributed by atoms with Crippen LogP contribution in [0.3, 0.4) is 0 Å². The molecule has 2 aliphatic rings. The van der Waals surface area contributed by atoms with Gasteiger partial charge in [-0.15, -0.1) is 0 Å². The summed E-state index contributed by atoms with van der Waals surface area (Å²) < 4.78 is 53.0. The zero-order valence-electron chi connectivity index (χ0n) is 19.9. The number of piperidine rings is 2. The third kappa shape index (κ3) is 5.59. The quantitative estimate of drug-likeness (QED) is 0.506. The van der Waals surface area contributed by atoms with Crippen molar-refractivity contribution in [2.45, 2.75) is 52.1 Å². The Morgan fingerprint density at radius 3 is 2.15 bits per heavy atom. The summed E-state index contributed by atoms with van der Waals surface area (Å²) >= 11 is 0. The predicted molar refractivity (Wildman–Crippen MR) is 124 cm³/mol. The van der Waals surface area contributed by atoms with Crippen molar-refractivity contribution in [1.29, 1.82) is 0 Å². The summed E-state index contributed by atoms with van der Waals surface area (Å²) in [7, 11) is 0. The SMILES string of the molecule is CC(C)(C)OC(=O)N1CCC2(CC1)CCN(c1cc(F)c(F)cc1Oc1cccc(F)c1)CC2. The van der Waals surface area contributed by atoms with Gasteiger partial charge in [-0.2, -0.15) is 0 Å². The minimum Gasteiger partial charge on any atom is -0.455 e. The average molecular weight is 477 g/mol. The Hall–Kier alpha value is -2.90. The Morgan fingerprint density at radius 1 is 0.912 bits per heavy atom. The monoisotopic (exact) mass is 476 g/mol. The molecule has 8 heteroatoms. The molecule has 0 radical (unpaired) electrons. The standard InChI is InChI=1S/C26H31F3N2O3/c1-25(2,3)34-24(32)31-13-9-26(10-14-31)7-11-30(12-8-26)22-16-20(28)21(29)17-23(22)33-19-6-4-5-18(27)15-19/h4-6,15-17H,7-14H2,1-3H3. The Bertz CT molecular complexity index is 1040. The number of halogens is 3. The first kappa shape index (κ1) is 24.2. The van der Waals surface area contributed by atoms with Crippen LogP contribution in [-0.4, -0.2) is 42.8 Å². The summed E-state index contributed by atoms with van der Waals surface area (Å²) in [6, 6.07) is 7.72. The topological polar surface area (TPSA) is 42.0 Å². The zero-order chi connectivity index (χ0) is 24.5. The van der Waals surface area contributed by atoms with E-state index in [9.17, 15) is 18.0 Å². The lowest BCUT2D eigenvalue weighted by Gasteiger charge is -2.47. The molecule has 2 aromatic carbocycles. The maximum Gasteiger partial charge on any atom is 0.410 e. The Morgan fingerprint density at radius 2 is 1.53 bits per heavy atom. The number of likely N-dealkylation sites (tertiary alicyclic amines) is 1. The number of carbonyl (C=O) groups is 1. The molecule has 0 unspecified atom stereocenters. The van der Waals surface area contributed by atoms with Crippen LogP contribution in [0.4, 0.5) is 23.7 Å². The molecule has 2 saturated heterocycles. The number of nitrogens with zero attached hydrogens (tertiary/aromatic N) is 2. The van der Waals surface area contributed by atoms with Crippen molar-refractivity contribution in [3.8, 4) is 11.5 Å². The first-order valence-electron chi connectivity index (χ1n) is 11.7. The molecule has 0 aliphatic carbocycles. The van der Waals surface area contributed by atoms with Gasteiger partial charge < -0.3 is 19.3 Å². The second-order valence-electron chi connectivity index (χ2n) is 10.2. The van der Waals surface area contributed by atoms with E-state index in [1.807, 2.05) is 25.7 Å². The van der Waals surface area contributed by atoms with Gasteiger partial charge >= 0.3 is 6.09 Å². The summed E-state index contributed by atoms with van der Waals surface area (Å²) in [6.07, 6.45) is 3.22.